The van der Waals surface area contributed by atoms with E-state index in [4.69, 9.17) is 11.6 Å². The number of ketones is 1. The van der Waals surface area contributed by atoms with Crippen LogP contribution in [0.1, 0.15) is 44.0 Å². The van der Waals surface area contributed by atoms with Gasteiger partial charge in [-0.3, -0.25) is 9.48 Å². The first-order chi connectivity index (χ1) is 8.11. The van der Waals surface area contributed by atoms with Crippen molar-refractivity contribution in [3.8, 4) is 0 Å². The van der Waals surface area contributed by atoms with Crippen LogP contribution in [0.5, 0.6) is 0 Å². The monoisotopic (exact) mass is 254 g/mol. The van der Waals surface area contributed by atoms with Gasteiger partial charge in [0, 0.05) is 19.4 Å². The third-order valence-corrected chi connectivity index (χ3v) is 4.01. The van der Waals surface area contributed by atoms with E-state index in [2.05, 4.69) is 12.0 Å². The quantitative estimate of drug-likeness (QED) is 0.831. The van der Waals surface area contributed by atoms with Crippen molar-refractivity contribution in [3.05, 3.63) is 16.4 Å². The number of carbonyl (C=O) groups excluding carboxylic acids is 1. The van der Waals surface area contributed by atoms with Gasteiger partial charge in [0.05, 0.1) is 16.4 Å². The molecule has 1 fully saturated rings. The number of rotatable bonds is 3. The van der Waals surface area contributed by atoms with Crippen molar-refractivity contribution in [1.82, 2.24) is 9.78 Å². The fourth-order valence-electron chi connectivity index (χ4n) is 2.63. The molecule has 1 aliphatic rings. The third-order valence-electron chi connectivity index (χ3n) is 3.52. The number of halogens is 1. The van der Waals surface area contributed by atoms with E-state index in [-0.39, 0.29) is 0 Å². The van der Waals surface area contributed by atoms with Gasteiger partial charge in [-0.25, -0.2) is 0 Å². The van der Waals surface area contributed by atoms with E-state index in [9.17, 15) is 4.79 Å². The van der Waals surface area contributed by atoms with Crippen LogP contribution in [0.3, 0.4) is 0 Å². The molecule has 94 valence electrons. The normalized spacial score (nSPS) is 20.9. The molecule has 1 saturated carbocycles. The Morgan fingerprint density at radius 1 is 1.53 bits per heavy atom. The number of hydrogen-bond acceptors (Lipinski definition) is 2. The molecule has 0 amide bonds. The van der Waals surface area contributed by atoms with Gasteiger partial charge >= 0.3 is 0 Å². The average Bonchev–Trinajstić information content (AvgIpc) is 2.57. The Labute approximate surface area is 107 Å². The summed E-state index contributed by atoms with van der Waals surface area (Å²) in [6, 6.07) is 0. The molecule has 1 unspecified atom stereocenters. The second-order valence-corrected chi connectivity index (χ2v) is 5.24. The lowest BCUT2D eigenvalue weighted by Gasteiger charge is -2.21. The van der Waals surface area contributed by atoms with E-state index >= 15 is 0 Å². The Balaban J connectivity index is 2.14. The first-order valence-electron chi connectivity index (χ1n) is 6.35. The highest BCUT2D eigenvalue weighted by molar-refractivity contribution is 6.31. The summed E-state index contributed by atoms with van der Waals surface area (Å²) in [7, 11) is 0. The molecule has 0 saturated heterocycles. The largest absolute Gasteiger partial charge is 0.300 e. The summed E-state index contributed by atoms with van der Waals surface area (Å²) in [6.45, 7) is 4.84. The van der Waals surface area contributed by atoms with Crippen LogP contribution in [0.15, 0.2) is 0 Å². The zero-order chi connectivity index (χ0) is 12.4. The Kier molecular flexibility index (Phi) is 3.87. The van der Waals surface area contributed by atoms with E-state index in [1.165, 1.54) is 0 Å². The van der Waals surface area contributed by atoms with Crippen LogP contribution in [0.2, 0.25) is 5.02 Å². The molecule has 1 atom stereocenters. The second-order valence-electron chi connectivity index (χ2n) is 4.87. The van der Waals surface area contributed by atoms with Crippen LogP contribution in [0.4, 0.5) is 0 Å². The number of aromatic nitrogens is 2. The van der Waals surface area contributed by atoms with Crippen LogP contribution < -0.4 is 0 Å². The predicted molar refractivity (Wildman–Crippen MR) is 68.3 cm³/mol. The lowest BCUT2D eigenvalue weighted by atomic mass is 9.85. The van der Waals surface area contributed by atoms with Gasteiger partial charge < -0.3 is 0 Å². The van der Waals surface area contributed by atoms with Gasteiger partial charge in [-0.2, -0.15) is 5.10 Å². The van der Waals surface area contributed by atoms with Crippen LogP contribution in [-0.2, 0) is 17.8 Å². The van der Waals surface area contributed by atoms with Crippen LogP contribution in [0, 0.1) is 12.8 Å². The standard InChI is InChI=1S/C13H19ClN2O/c1-3-16-12(13(14)9(2)15-16)8-10-5-4-6-11(17)7-10/h10H,3-8H2,1-2H3. The summed E-state index contributed by atoms with van der Waals surface area (Å²) < 4.78 is 1.97. The lowest BCUT2D eigenvalue weighted by Crippen LogP contribution is -2.18. The van der Waals surface area contributed by atoms with E-state index in [1.54, 1.807) is 0 Å². The number of nitrogens with zero attached hydrogens (tertiary/aromatic N) is 2. The van der Waals surface area contributed by atoms with Crippen molar-refractivity contribution < 1.29 is 4.79 Å². The Morgan fingerprint density at radius 3 is 2.94 bits per heavy atom. The fourth-order valence-corrected chi connectivity index (χ4v) is 2.84. The summed E-state index contributed by atoms with van der Waals surface area (Å²) in [5.41, 5.74) is 2.00. The van der Waals surface area contributed by atoms with Gasteiger partial charge in [0.1, 0.15) is 5.78 Å². The second kappa shape index (κ2) is 5.21. The minimum absolute atomic E-state index is 0.400. The maximum Gasteiger partial charge on any atom is 0.133 e. The number of carbonyl (C=O) groups is 1. The van der Waals surface area contributed by atoms with Gasteiger partial charge in [0.2, 0.25) is 0 Å². The number of hydrogen-bond donors (Lipinski definition) is 0. The highest BCUT2D eigenvalue weighted by Gasteiger charge is 2.23. The molecule has 0 N–H and O–H groups in total. The Hall–Kier alpha value is -0.830. The summed E-state index contributed by atoms with van der Waals surface area (Å²) in [4.78, 5) is 11.5. The topological polar surface area (TPSA) is 34.9 Å². The van der Waals surface area contributed by atoms with Crippen molar-refractivity contribution in [2.75, 3.05) is 0 Å². The molecule has 3 nitrogen and oxygen atoms in total. The average molecular weight is 255 g/mol. The van der Waals surface area contributed by atoms with Crippen LogP contribution in [-0.4, -0.2) is 15.6 Å². The molecule has 0 aliphatic heterocycles. The zero-order valence-corrected chi connectivity index (χ0v) is 11.3. The van der Waals surface area contributed by atoms with Gasteiger partial charge in [-0.1, -0.05) is 11.6 Å². The highest BCUT2D eigenvalue weighted by atomic mass is 35.5. The van der Waals surface area contributed by atoms with Crippen molar-refractivity contribution in [2.45, 2.75) is 52.5 Å². The van der Waals surface area contributed by atoms with Crippen LogP contribution >= 0.6 is 11.6 Å². The molecule has 1 aromatic heterocycles. The van der Waals surface area contributed by atoms with Gasteiger partial charge in [0.25, 0.3) is 0 Å². The summed E-state index contributed by atoms with van der Waals surface area (Å²) in [5, 5.41) is 5.20. The first-order valence-corrected chi connectivity index (χ1v) is 6.73. The summed E-state index contributed by atoms with van der Waals surface area (Å²) >= 11 is 6.28. The molecule has 1 heterocycles. The molecule has 0 radical (unpaired) electrons. The molecule has 2 rings (SSSR count). The minimum Gasteiger partial charge on any atom is -0.300 e. The Morgan fingerprint density at radius 2 is 2.29 bits per heavy atom. The number of aryl methyl sites for hydroxylation is 2. The van der Waals surface area contributed by atoms with Crippen molar-refractivity contribution >= 4 is 17.4 Å². The van der Waals surface area contributed by atoms with Gasteiger partial charge in [0.15, 0.2) is 0 Å². The molecule has 4 heteroatoms. The molecule has 0 bridgehead atoms. The zero-order valence-electron chi connectivity index (χ0n) is 10.5. The molecular weight excluding hydrogens is 236 g/mol. The van der Waals surface area contributed by atoms with E-state index in [0.29, 0.717) is 18.1 Å². The Bertz CT molecular complexity index is 425. The third kappa shape index (κ3) is 2.71. The molecule has 17 heavy (non-hydrogen) atoms. The summed E-state index contributed by atoms with van der Waals surface area (Å²) in [5.74, 6) is 0.854. The molecule has 1 aromatic rings. The van der Waals surface area contributed by atoms with E-state index < -0.39 is 0 Å². The van der Waals surface area contributed by atoms with Crippen molar-refractivity contribution in [2.24, 2.45) is 5.92 Å². The summed E-state index contributed by atoms with van der Waals surface area (Å²) in [6.07, 6.45) is 4.52. The minimum atomic E-state index is 0.400. The maximum absolute atomic E-state index is 11.5. The highest BCUT2D eigenvalue weighted by Crippen LogP contribution is 2.29. The van der Waals surface area contributed by atoms with Gasteiger partial charge in [-0.15, -0.1) is 0 Å². The van der Waals surface area contributed by atoms with Crippen LogP contribution in [0.25, 0.3) is 0 Å². The molecular formula is C13H19ClN2O. The van der Waals surface area contributed by atoms with E-state index in [1.807, 2.05) is 11.6 Å². The van der Waals surface area contributed by atoms with Gasteiger partial charge in [-0.05, 0) is 39.0 Å². The number of Topliss-reactive ketones (excluding diaryl/α,β-unsaturated/α-hetero) is 1. The van der Waals surface area contributed by atoms with E-state index in [0.717, 1.165) is 48.6 Å². The molecule has 1 aliphatic carbocycles. The smallest absolute Gasteiger partial charge is 0.133 e. The molecule has 0 aromatic carbocycles. The van der Waals surface area contributed by atoms with Crippen molar-refractivity contribution in [1.29, 1.82) is 0 Å². The maximum atomic E-state index is 11.5. The first kappa shape index (κ1) is 12.6. The predicted octanol–water partition coefficient (Wildman–Crippen LogP) is 3.17. The lowest BCUT2D eigenvalue weighted by molar-refractivity contribution is -0.121. The fraction of sp³-hybridized carbons (Fsp3) is 0.692. The molecule has 0 spiro atoms. The van der Waals surface area contributed by atoms with Crippen molar-refractivity contribution in [3.63, 3.8) is 0 Å². The SMILES string of the molecule is CCn1nc(C)c(Cl)c1CC1CCCC(=O)C1.